The molecule has 0 saturated heterocycles. The van der Waals surface area contributed by atoms with Crippen LogP contribution in [0.3, 0.4) is 0 Å². The van der Waals surface area contributed by atoms with E-state index in [4.69, 9.17) is 32.7 Å². The highest BCUT2D eigenvalue weighted by Gasteiger charge is 2.46. The number of unbranched alkanes of at least 4 members (excludes halogenated alkanes) is 2. The third-order valence-electron chi connectivity index (χ3n) is 7.71. The number of aromatic nitrogens is 1. The lowest BCUT2D eigenvalue weighted by Crippen LogP contribution is -2.32. The fraction of sp³-hybridized carbons (Fsp3) is 0.471. The number of amides is 1. The molecular formula is C34H41Cl2N3O3. The van der Waals surface area contributed by atoms with Crippen LogP contribution >= 0.6 is 23.2 Å². The van der Waals surface area contributed by atoms with E-state index in [2.05, 4.69) is 39.9 Å². The average molecular weight is 611 g/mol. The van der Waals surface area contributed by atoms with Crippen LogP contribution in [0.2, 0.25) is 10.0 Å². The minimum atomic E-state index is -0.487. The lowest BCUT2D eigenvalue weighted by molar-refractivity contribution is 0.0527. The number of pyridine rings is 1. The number of aryl methyl sites for hydroxylation is 1. The maximum Gasteiger partial charge on any atom is 0.407 e. The molecule has 224 valence electrons. The Hall–Kier alpha value is -2.80. The van der Waals surface area contributed by atoms with Gasteiger partial charge in [-0.15, -0.1) is 0 Å². The Morgan fingerprint density at radius 3 is 2.48 bits per heavy atom. The highest BCUT2D eigenvalue weighted by Crippen LogP contribution is 2.50. The van der Waals surface area contributed by atoms with E-state index < -0.39 is 5.60 Å². The summed E-state index contributed by atoms with van der Waals surface area (Å²) in [5.41, 5.74) is 4.86. The fourth-order valence-electron chi connectivity index (χ4n) is 5.18. The number of halogens is 2. The van der Waals surface area contributed by atoms with Gasteiger partial charge in [-0.05, 0) is 112 Å². The Morgan fingerprint density at radius 1 is 1.00 bits per heavy atom. The SMILES string of the molecule is CC(C)(C)OC(=O)NCCCCCc1cc(Cl)c(CNC2(c3cnccc3-c3ccccc3OC3CC3)CC2)cc1Cl. The number of ether oxygens (including phenoxy) is 2. The molecule has 42 heavy (non-hydrogen) atoms. The van der Waals surface area contributed by atoms with Gasteiger partial charge < -0.3 is 20.1 Å². The first kappa shape index (κ1) is 30.7. The second-order valence-electron chi connectivity index (χ2n) is 12.4. The van der Waals surface area contributed by atoms with Gasteiger partial charge in [0.05, 0.1) is 6.10 Å². The smallest absolute Gasteiger partial charge is 0.407 e. The van der Waals surface area contributed by atoms with Crippen LogP contribution in [0.5, 0.6) is 5.75 Å². The molecule has 2 saturated carbocycles. The number of alkyl carbamates (subject to hydrolysis) is 1. The number of nitrogens with one attached hydrogen (secondary N) is 2. The van der Waals surface area contributed by atoms with E-state index in [9.17, 15) is 4.79 Å². The molecule has 2 aliphatic rings. The van der Waals surface area contributed by atoms with E-state index in [1.165, 1.54) is 5.56 Å². The van der Waals surface area contributed by atoms with Gasteiger partial charge in [0, 0.05) is 46.6 Å². The topological polar surface area (TPSA) is 72.5 Å². The van der Waals surface area contributed by atoms with Crippen molar-refractivity contribution in [1.82, 2.24) is 15.6 Å². The molecule has 2 aliphatic carbocycles. The zero-order valence-corrected chi connectivity index (χ0v) is 26.3. The number of hydrogen-bond donors (Lipinski definition) is 2. The van der Waals surface area contributed by atoms with Crippen molar-refractivity contribution in [2.45, 2.75) is 95.9 Å². The zero-order chi connectivity index (χ0) is 29.7. The predicted octanol–water partition coefficient (Wildman–Crippen LogP) is 8.61. The van der Waals surface area contributed by atoms with Crippen molar-refractivity contribution >= 4 is 29.3 Å². The minimum absolute atomic E-state index is 0.155. The van der Waals surface area contributed by atoms with E-state index in [-0.39, 0.29) is 11.6 Å². The molecule has 2 aromatic carbocycles. The summed E-state index contributed by atoms with van der Waals surface area (Å²) in [7, 11) is 0. The van der Waals surface area contributed by atoms with Crippen LogP contribution in [-0.2, 0) is 23.2 Å². The van der Waals surface area contributed by atoms with Gasteiger partial charge in [0.15, 0.2) is 0 Å². The van der Waals surface area contributed by atoms with E-state index >= 15 is 0 Å². The van der Waals surface area contributed by atoms with E-state index in [1.54, 1.807) is 0 Å². The average Bonchev–Trinajstić information content (AvgIpc) is 3.88. The quantitative estimate of drug-likeness (QED) is 0.190. The number of carbonyl (C=O) groups is 1. The van der Waals surface area contributed by atoms with Gasteiger partial charge in [0.2, 0.25) is 0 Å². The van der Waals surface area contributed by atoms with Crippen LogP contribution < -0.4 is 15.4 Å². The van der Waals surface area contributed by atoms with Crippen molar-refractivity contribution in [3.63, 3.8) is 0 Å². The van der Waals surface area contributed by atoms with E-state index in [1.807, 2.05) is 51.4 Å². The molecule has 0 unspecified atom stereocenters. The Kier molecular flexibility index (Phi) is 9.66. The summed E-state index contributed by atoms with van der Waals surface area (Å²) in [4.78, 5) is 16.3. The largest absolute Gasteiger partial charge is 0.490 e. The van der Waals surface area contributed by atoms with Crippen molar-refractivity contribution in [3.05, 3.63) is 81.6 Å². The monoisotopic (exact) mass is 609 g/mol. The van der Waals surface area contributed by atoms with E-state index in [0.717, 1.165) is 89.4 Å². The van der Waals surface area contributed by atoms with Crippen molar-refractivity contribution in [1.29, 1.82) is 0 Å². The first-order valence-electron chi connectivity index (χ1n) is 15.0. The standard InChI is InChI=1S/C34H41Cl2N3O3/c1-33(2,3)42-32(40)38-17-8-4-5-9-23-19-30(36)24(20-29(23)35)21-39-34(15-16-34)28-22-37-18-14-26(28)27-10-6-7-11-31(27)41-25-12-13-25/h6-7,10-11,14,18-20,22,25,39H,4-5,8-9,12-13,15-17,21H2,1-3H3,(H,38,40). The fourth-order valence-corrected chi connectivity index (χ4v) is 5.71. The number of rotatable bonds is 13. The summed E-state index contributed by atoms with van der Waals surface area (Å²) in [6.45, 7) is 6.78. The van der Waals surface area contributed by atoms with Crippen molar-refractivity contribution in [2.24, 2.45) is 0 Å². The Morgan fingerprint density at radius 2 is 1.74 bits per heavy atom. The summed E-state index contributed by atoms with van der Waals surface area (Å²) in [5, 5.41) is 8.06. The van der Waals surface area contributed by atoms with Crippen LogP contribution in [0.15, 0.2) is 54.9 Å². The maximum atomic E-state index is 11.8. The van der Waals surface area contributed by atoms with E-state index in [0.29, 0.717) is 19.2 Å². The second-order valence-corrected chi connectivity index (χ2v) is 13.3. The van der Waals surface area contributed by atoms with Crippen molar-refractivity contribution < 1.29 is 14.3 Å². The lowest BCUT2D eigenvalue weighted by Gasteiger charge is -2.23. The molecule has 0 atom stereocenters. The van der Waals surface area contributed by atoms with Crippen molar-refractivity contribution in [3.8, 4) is 16.9 Å². The molecule has 1 aromatic heterocycles. The summed E-state index contributed by atoms with van der Waals surface area (Å²) >= 11 is 13.5. The number of nitrogens with zero attached hydrogens (tertiary/aromatic N) is 1. The van der Waals surface area contributed by atoms with Crippen LogP contribution in [0.25, 0.3) is 11.1 Å². The van der Waals surface area contributed by atoms with Crippen LogP contribution in [0, 0.1) is 0 Å². The summed E-state index contributed by atoms with van der Waals surface area (Å²) < 4.78 is 11.5. The predicted molar refractivity (Wildman–Crippen MR) is 169 cm³/mol. The number of benzene rings is 2. The lowest BCUT2D eigenvalue weighted by atomic mass is 9.94. The zero-order valence-electron chi connectivity index (χ0n) is 24.8. The van der Waals surface area contributed by atoms with Crippen LogP contribution in [0.1, 0.15) is 82.4 Å². The molecule has 6 nitrogen and oxygen atoms in total. The van der Waals surface area contributed by atoms with Gasteiger partial charge in [-0.25, -0.2) is 4.79 Å². The summed E-state index contributed by atoms with van der Waals surface area (Å²) in [5.74, 6) is 0.938. The molecule has 5 rings (SSSR count). The van der Waals surface area contributed by atoms with Gasteiger partial charge in [0.25, 0.3) is 0 Å². The van der Waals surface area contributed by atoms with Gasteiger partial charge in [-0.2, -0.15) is 0 Å². The Balaban J connectivity index is 1.17. The molecule has 3 aromatic rings. The Labute approximate surface area is 259 Å². The van der Waals surface area contributed by atoms with Gasteiger partial charge >= 0.3 is 6.09 Å². The Bertz CT molecular complexity index is 1400. The number of hydrogen-bond acceptors (Lipinski definition) is 5. The molecular weight excluding hydrogens is 569 g/mol. The molecule has 0 aliphatic heterocycles. The normalized spacial score (nSPS) is 15.7. The second kappa shape index (κ2) is 13.2. The van der Waals surface area contributed by atoms with Gasteiger partial charge in [-0.3, -0.25) is 4.98 Å². The molecule has 0 spiro atoms. The van der Waals surface area contributed by atoms with Crippen LogP contribution in [-0.4, -0.2) is 29.3 Å². The third kappa shape index (κ3) is 8.18. The maximum absolute atomic E-state index is 11.8. The number of carbonyl (C=O) groups excluding carboxylic acids is 1. The van der Waals surface area contributed by atoms with Crippen molar-refractivity contribution in [2.75, 3.05) is 6.54 Å². The third-order valence-corrected chi connectivity index (χ3v) is 8.41. The molecule has 8 heteroatoms. The molecule has 0 radical (unpaired) electrons. The molecule has 1 heterocycles. The highest BCUT2D eigenvalue weighted by atomic mass is 35.5. The first-order valence-corrected chi connectivity index (χ1v) is 15.8. The van der Waals surface area contributed by atoms with Gasteiger partial charge in [-0.1, -0.05) is 47.8 Å². The summed E-state index contributed by atoms with van der Waals surface area (Å²) in [6.07, 6.45) is 11.8. The highest BCUT2D eigenvalue weighted by molar-refractivity contribution is 6.34. The first-order chi connectivity index (χ1) is 20.1. The molecule has 1 amide bonds. The molecule has 2 fully saturated rings. The minimum Gasteiger partial charge on any atom is -0.490 e. The van der Waals surface area contributed by atoms with Crippen LogP contribution in [0.4, 0.5) is 4.79 Å². The molecule has 0 bridgehead atoms. The summed E-state index contributed by atoms with van der Waals surface area (Å²) in [6, 6.07) is 14.4. The van der Waals surface area contributed by atoms with Gasteiger partial charge in [0.1, 0.15) is 11.4 Å². The number of para-hydroxylation sites is 1. The molecule has 2 N–H and O–H groups in total.